The van der Waals surface area contributed by atoms with Crippen molar-refractivity contribution < 1.29 is 19.5 Å². The first-order valence-electron chi connectivity index (χ1n) is 5.89. The summed E-state index contributed by atoms with van der Waals surface area (Å²) < 4.78 is 0. The molecule has 1 saturated heterocycles. The first kappa shape index (κ1) is 11.9. The lowest BCUT2D eigenvalue weighted by Crippen LogP contribution is -2.45. The number of aliphatic carboxylic acids is 1. The number of carbonyl (C=O) groups excluding carboxylic acids is 2. The number of carbonyl (C=O) groups is 3. The molecule has 0 aromatic rings. The second kappa shape index (κ2) is 4.73. The summed E-state index contributed by atoms with van der Waals surface area (Å²) in [5.74, 6) is -1.43. The summed E-state index contributed by atoms with van der Waals surface area (Å²) in [7, 11) is 0. The Kier molecular flexibility index (Phi) is 3.31. The minimum atomic E-state index is -0.795. The van der Waals surface area contributed by atoms with Gasteiger partial charge in [0.15, 0.2) is 0 Å². The Morgan fingerprint density at radius 2 is 2.06 bits per heavy atom. The van der Waals surface area contributed by atoms with E-state index in [0.717, 1.165) is 0 Å². The van der Waals surface area contributed by atoms with Crippen molar-refractivity contribution in [2.45, 2.75) is 44.2 Å². The van der Waals surface area contributed by atoms with Gasteiger partial charge in [0.25, 0.3) is 0 Å². The number of hydrogen-bond acceptors (Lipinski definition) is 3. The maximum Gasteiger partial charge on any atom is 0.306 e. The van der Waals surface area contributed by atoms with Crippen molar-refractivity contribution in [3.8, 4) is 0 Å². The average molecular weight is 240 g/mol. The van der Waals surface area contributed by atoms with Gasteiger partial charge in [-0.05, 0) is 25.7 Å². The van der Waals surface area contributed by atoms with Crippen LogP contribution in [0.2, 0.25) is 0 Å². The monoisotopic (exact) mass is 240 g/mol. The Bertz CT molecular complexity index is 355. The van der Waals surface area contributed by atoms with Crippen LogP contribution >= 0.6 is 0 Å². The topological polar surface area (TPSA) is 95.5 Å². The van der Waals surface area contributed by atoms with Gasteiger partial charge in [-0.3, -0.25) is 14.4 Å². The fourth-order valence-corrected chi connectivity index (χ4v) is 2.45. The van der Waals surface area contributed by atoms with Crippen molar-refractivity contribution in [2.75, 3.05) is 0 Å². The summed E-state index contributed by atoms with van der Waals surface area (Å²) in [5, 5.41) is 14.2. The summed E-state index contributed by atoms with van der Waals surface area (Å²) in [5.41, 5.74) is 0. The smallest absolute Gasteiger partial charge is 0.306 e. The van der Waals surface area contributed by atoms with Crippen LogP contribution in [-0.2, 0) is 14.4 Å². The maximum atomic E-state index is 11.8. The highest BCUT2D eigenvalue weighted by Crippen LogP contribution is 2.25. The van der Waals surface area contributed by atoms with Gasteiger partial charge in [-0.2, -0.15) is 0 Å². The molecule has 2 fully saturated rings. The molecule has 0 spiro atoms. The fourth-order valence-electron chi connectivity index (χ4n) is 2.45. The predicted molar refractivity (Wildman–Crippen MR) is 58.1 cm³/mol. The first-order valence-corrected chi connectivity index (χ1v) is 5.89. The minimum absolute atomic E-state index is 0.0684. The van der Waals surface area contributed by atoms with Crippen molar-refractivity contribution in [1.82, 2.24) is 10.6 Å². The van der Waals surface area contributed by atoms with Crippen molar-refractivity contribution in [3.05, 3.63) is 0 Å². The van der Waals surface area contributed by atoms with E-state index in [0.29, 0.717) is 32.1 Å². The number of nitrogens with one attached hydrogen (secondary N) is 2. The van der Waals surface area contributed by atoms with Crippen LogP contribution in [0.3, 0.4) is 0 Å². The molecule has 2 amide bonds. The zero-order valence-corrected chi connectivity index (χ0v) is 9.44. The molecule has 0 bridgehead atoms. The van der Waals surface area contributed by atoms with E-state index in [4.69, 9.17) is 5.11 Å². The van der Waals surface area contributed by atoms with E-state index in [1.165, 1.54) is 0 Å². The summed E-state index contributed by atoms with van der Waals surface area (Å²) in [6.45, 7) is 0. The third-order valence-corrected chi connectivity index (χ3v) is 3.44. The Morgan fingerprint density at radius 1 is 1.29 bits per heavy atom. The molecule has 3 N–H and O–H groups in total. The normalized spacial score (nSPS) is 32.2. The Hall–Kier alpha value is -1.59. The van der Waals surface area contributed by atoms with Gasteiger partial charge < -0.3 is 15.7 Å². The van der Waals surface area contributed by atoms with E-state index in [2.05, 4.69) is 10.6 Å². The zero-order valence-electron chi connectivity index (χ0n) is 9.44. The highest BCUT2D eigenvalue weighted by molar-refractivity contribution is 5.90. The van der Waals surface area contributed by atoms with Gasteiger partial charge in [-0.15, -0.1) is 0 Å². The van der Waals surface area contributed by atoms with Crippen LogP contribution in [-0.4, -0.2) is 35.0 Å². The van der Waals surface area contributed by atoms with Gasteiger partial charge in [-0.25, -0.2) is 0 Å². The van der Waals surface area contributed by atoms with Crippen molar-refractivity contribution in [3.63, 3.8) is 0 Å². The minimum Gasteiger partial charge on any atom is -0.481 e. The number of amides is 2. The third kappa shape index (κ3) is 2.75. The van der Waals surface area contributed by atoms with Crippen molar-refractivity contribution >= 4 is 17.8 Å². The fraction of sp³-hybridized carbons (Fsp3) is 0.727. The molecule has 94 valence electrons. The van der Waals surface area contributed by atoms with Crippen molar-refractivity contribution in [1.29, 1.82) is 0 Å². The molecule has 1 saturated carbocycles. The number of carboxylic acid groups (broad SMARTS) is 1. The van der Waals surface area contributed by atoms with Gasteiger partial charge in [0, 0.05) is 12.5 Å². The van der Waals surface area contributed by atoms with E-state index in [1.54, 1.807) is 0 Å². The molecule has 2 aliphatic rings. The number of hydrogen-bond donors (Lipinski definition) is 3. The van der Waals surface area contributed by atoms with Crippen LogP contribution in [0.5, 0.6) is 0 Å². The molecule has 1 heterocycles. The molecule has 1 aliphatic heterocycles. The first-order chi connectivity index (χ1) is 8.06. The second-order valence-corrected chi connectivity index (χ2v) is 4.71. The molecule has 6 heteroatoms. The van der Waals surface area contributed by atoms with E-state index in [9.17, 15) is 14.4 Å². The second-order valence-electron chi connectivity index (χ2n) is 4.71. The standard InChI is InChI=1S/C11H16N2O4/c14-9-4-3-8(13-9)10(15)12-7-2-1-6(5-7)11(16)17/h6-8H,1-5H2,(H,12,15)(H,13,14)(H,16,17)/t6-,7+,8+/m1/s1. The lowest BCUT2D eigenvalue weighted by atomic mass is 10.1. The molecular weight excluding hydrogens is 224 g/mol. The van der Waals surface area contributed by atoms with Crippen LogP contribution in [0.4, 0.5) is 0 Å². The van der Waals surface area contributed by atoms with Crippen LogP contribution in [0.15, 0.2) is 0 Å². The third-order valence-electron chi connectivity index (χ3n) is 3.44. The maximum absolute atomic E-state index is 11.8. The lowest BCUT2D eigenvalue weighted by Gasteiger charge is -2.16. The molecule has 3 atom stereocenters. The molecule has 0 aromatic carbocycles. The predicted octanol–water partition coefficient (Wildman–Crippen LogP) is -0.365. The van der Waals surface area contributed by atoms with Crippen LogP contribution in [0.1, 0.15) is 32.1 Å². The van der Waals surface area contributed by atoms with Crippen LogP contribution < -0.4 is 10.6 Å². The molecular formula is C11H16N2O4. The van der Waals surface area contributed by atoms with E-state index < -0.39 is 12.0 Å². The molecule has 17 heavy (non-hydrogen) atoms. The largest absolute Gasteiger partial charge is 0.481 e. The highest BCUT2D eigenvalue weighted by atomic mass is 16.4. The molecule has 2 rings (SSSR count). The lowest BCUT2D eigenvalue weighted by molar-refractivity contribution is -0.141. The van der Waals surface area contributed by atoms with Gasteiger partial charge in [-0.1, -0.05) is 0 Å². The summed E-state index contributed by atoms with van der Waals surface area (Å²) in [4.78, 5) is 33.5. The van der Waals surface area contributed by atoms with Crippen molar-refractivity contribution in [2.24, 2.45) is 5.92 Å². The van der Waals surface area contributed by atoms with E-state index >= 15 is 0 Å². The summed E-state index contributed by atoms with van der Waals surface area (Å²) in [6.07, 6.45) is 2.71. The molecule has 0 unspecified atom stereocenters. The summed E-state index contributed by atoms with van der Waals surface area (Å²) in [6, 6.07) is -0.507. The van der Waals surface area contributed by atoms with Crippen LogP contribution in [0.25, 0.3) is 0 Å². The Labute approximate surface area is 98.8 Å². The Morgan fingerprint density at radius 3 is 2.59 bits per heavy atom. The molecule has 1 aliphatic carbocycles. The summed E-state index contributed by atoms with van der Waals surface area (Å²) >= 11 is 0. The van der Waals surface area contributed by atoms with Gasteiger partial charge in [0.05, 0.1) is 5.92 Å². The molecule has 0 radical (unpaired) electrons. The SMILES string of the molecule is O=C1CC[C@@H](C(=O)N[C@H]2CC[C@@H](C(=O)O)C2)N1. The van der Waals surface area contributed by atoms with E-state index in [-0.39, 0.29) is 23.8 Å². The highest BCUT2D eigenvalue weighted by Gasteiger charge is 2.33. The number of carboxylic acids is 1. The average Bonchev–Trinajstić information content (AvgIpc) is 2.86. The quantitative estimate of drug-likeness (QED) is 0.627. The molecule has 0 aromatic heterocycles. The van der Waals surface area contributed by atoms with Gasteiger partial charge >= 0.3 is 5.97 Å². The molecule has 6 nitrogen and oxygen atoms in total. The van der Waals surface area contributed by atoms with Crippen LogP contribution in [0, 0.1) is 5.92 Å². The van der Waals surface area contributed by atoms with E-state index in [1.807, 2.05) is 0 Å². The number of rotatable bonds is 3. The Balaban J connectivity index is 1.80. The van der Waals surface area contributed by atoms with Gasteiger partial charge in [0.1, 0.15) is 6.04 Å². The zero-order chi connectivity index (χ0) is 12.4. The van der Waals surface area contributed by atoms with Gasteiger partial charge in [0.2, 0.25) is 11.8 Å².